The van der Waals surface area contributed by atoms with Crippen LogP contribution in [0.1, 0.15) is 18.1 Å². The van der Waals surface area contributed by atoms with Crippen molar-refractivity contribution >= 4 is 46.6 Å². The summed E-state index contributed by atoms with van der Waals surface area (Å²) in [6.45, 7) is 3.51. The molecule has 28 heavy (non-hydrogen) atoms. The molecule has 0 bridgehead atoms. The van der Waals surface area contributed by atoms with E-state index in [1.54, 1.807) is 43.3 Å². The molecule has 1 atom stereocenters. The first-order valence-corrected chi connectivity index (χ1v) is 9.18. The van der Waals surface area contributed by atoms with Gasteiger partial charge in [0.25, 0.3) is 5.91 Å². The summed E-state index contributed by atoms with van der Waals surface area (Å²) in [5.74, 6) is 0.0949. The smallest absolute Gasteiger partial charge is 0.344 e. The van der Waals surface area contributed by atoms with Crippen LogP contribution in [0.25, 0.3) is 0 Å². The Kier molecular flexibility index (Phi) is 5.44. The van der Waals surface area contributed by atoms with E-state index in [1.807, 2.05) is 13.0 Å². The zero-order valence-electron chi connectivity index (χ0n) is 15.5. The molecule has 1 saturated heterocycles. The quantitative estimate of drug-likeness (QED) is 0.522. The molecule has 3 N–H and O–H groups in total. The normalized spacial score (nSPS) is 18.6. The molecule has 1 aliphatic rings. The molecule has 146 valence electrons. The molecule has 1 heterocycles. The van der Waals surface area contributed by atoms with Crippen molar-refractivity contribution in [2.24, 2.45) is 0 Å². The van der Waals surface area contributed by atoms with Gasteiger partial charge in [-0.05, 0) is 61.5 Å². The Hall–Kier alpha value is -2.84. The lowest BCUT2D eigenvalue weighted by Gasteiger charge is -2.23. The lowest BCUT2D eigenvalue weighted by Crippen LogP contribution is -2.49. The van der Waals surface area contributed by atoms with Gasteiger partial charge in [-0.25, -0.2) is 4.79 Å². The summed E-state index contributed by atoms with van der Waals surface area (Å²) in [7, 11) is 1.53. The summed E-state index contributed by atoms with van der Waals surface area (Å²) in [5.41, 5.74) is 3.54. The van der Waals surface area contributed by atoms with Crippen LogP contribution in [-0.2, 0) is 10.3 Å². The fraction of sp³-hybridized carbons (Fsp3) is 0.211. The Bertz CT molecular complexity index is 968. The number of thiocarbonyl (C=S) groups is 1. The van der Waals surface area contributed by atoms with E-state index >= 15 is 0 Å². The number of carbonyl (C=O) groups is 2. The Morgan fingerprint density at radius 3 is 2.68 bits per heavy atom. The van der Waals surface area contributed by atoms with Crippen molar-refractivity contribution in [2.75, 3.05) is 12.4 Å². The van der Waals surface area contributed by atoms with E-state index in [2.05, 4.69) is 16.1 Å². The molecule has 3 rings (SSSR count). The number of methoxy groups -OCH3 is 1. The van der Waals surface area contributed by atoms with Crippen molar-refractivity contribution < 1.29 is 14.3 Å². The highest BCUT2D eigenvalue weighted by molar-refractivity contribution is 7.80. The van der Waals surface area contributed by atoms with Crippen LogP contribution in [0, 0.1) is 6.92 Å². The molecule has 0 aromatic heterocycles. The van der Waals surface area contributed by atoms with Crippen molar-refractivity contribution in [3.05, 3.63) is 58.6 Å². The number of hydrogen-bond acceptors (Lipinski definition) is 4. The number of rotatable bonds is 4. The van der Waals surface area contributed by atoms with Gasteiger partial charge in [-0.15, -0.1) is 0 Å². The average molecular weight is 419 g/mol. The van der Waals surface area contributed by atoms with E-state index in [4.69, 9.17) is 28.6 Å². The lowest BCUT2D eigenvalue weighted by molar-refractivity contribution is -0.132. The molecule has 7 nitrogen and oxygen atoms in total. The molecular weight excluding hydrogens is 400 g/mol. The second kappa shape index (κ2) is 7.65. The van der Waals surface area contributed by atoms with Crippen LogP contribution in [0.5, 0.6) is 5.75 Å². The molecule has 2 aromatic rings. The first kappa shape index (κ1) is 19.9. The number of hydrogen-bond donors (Lipinski definition) is 3. The number of aryl methyl sites for hydroxylation is 1. The van der Waals surface area contributed by atoms with Crippen LogP contribution in [-0.4, -0.2) is 29.2 Å². The van der Waals surface area contributed by atoms with Crippen LogP contribution >= 0.6 is 23.8 Å². The third kappa shape index (κ3) is 3.74. The molecule has 9 heteroatoms. The SMILES string of the molecule is COc1cccc(C2(C)NC(=O)N(NC(=S)Nc3ccc(C)c(Cl)c3)C2=O)c1. The van der Waals surface area contributed by atoms with Crippen LogP contribution in [0.2, 0.25) is 5.02 Å². The number of ether oxygens (including phenoxy) is 1. The summed E-state index contributed by atoms with van der Waals surface area (Å²) >= 11 is 11.3. The number of benzene rings is 2. The standard InChI is InChI=1S/C19H19ClN4O3S/c1-11-7-8-13(10-15(11)20)21-17(28)23-24-16(25)19(2,22-18(24)26)12-5-4-6-14(9-12)27-3/h4-10H,1-3H3,(H,22,26)(H2,21,23,28). The van der Waals surface area contributed by atoms with Gasteiger partial charge in [0.1, 0.15) is 11.3 Å². The van der Waals surface area contributed by atoms with Gasteiger partial charge in [0, 0.05) is 10.7 Å². The van der Waals surface area contributed by atoms with Crippen LogP contribution in [0.15, 0.2) is 42.5 Å². The molecule has 2 aromatic carbocycles. The predicted molar refractivity (Wildman–Crippen MR) is 111 cm³/mol. The first-order chi connectivity index (χ1) is 13.2. The summed E-state index contributed by atoms with van der Waals surface area (Å²) in [6.07, 6.45) is 0. The molecule has 0 saturated carbocycles. The van der Waals surface area contributed by atoms with Gasteiger partial charge in [-0.1, -0.05) is 29.8 Å². The van der Waals surface area contributed by atoms with Crippen LogP contribution in [0.4, 0.5) is 10.5 Å². The minimum atomic E-state index is -1.25. The molecule has 0 radical (unpaired) electrons. The molecular formula is C19H19ClN4O3S. The van der Waals surface area contributed by atoms with Crippen LogP contribution in [0.3, 0.4) is 0 Å². The number of anilines is 1. The highest BCUT2D eigenvalue weighted by atomic mass is 35.5. The van der Waals surface area contributed by atoms with Crippen molar-refractivity contribution in [2.45, 2.75) is 19.4 Å². The van der Waals surface area contributed by atoms with Crippen molar-refractivity contribution in [3.8, 4) is 5.75 Å². The number of nitrogens with one attached hydrogen (secondary N) is 3. The lowest BCUT2D eigenvalue weighted by atomic mass is 9.92. The largest absolute Gasteiger partial charge is 0.497 e. The minimum Gasteiger partial charge on any atom is -0.497 e. The summed E-state index contributed by atoms with van der Waals surface area (Å²) in [4.78, 5) is 25.4. The van der Waals surface area contributed by atoms with Gasteiger partial charge in [-0.3, -0.25) is 10.2 Å². The number of amides is 3. The number of imide groups is 1. The number of halogens is 1. The Morgan fingerprint density at radius 2 is 2.00 bits per heavy atom. The van der Waals surface area contributed by atoms with Gasteiger partial charge in [-0.2, -0.15) is 5.01 Å². The van der Waals surface area contributed by atoms with Crippen molar-refractivity contribution in [1.29, 1.82) is 0 Å². The number of hydrazine groups is 1. The van der Waals surface area contributed by atoms with E-state index in [0.717, 1.165) is 10.6 Å². The number of nitrogens with zero attached hydrogens (tertiary/aromatic N) is 1. The summed E-state index contributed by atoms with van der Waals surface area (Å²) < 4.78 is 5.20. The molecule has 1 unspecified atom stereocenters. The third-order valence-electron chi connectivity index (χ3n) is 4.48. The van der Waals surface area contributed by atoms with Crippen molar-refractivity contribution in [3.63, 3.8) is 0 Å². The Labute approximate surface area is 173 Å². The van der Waals surface area contributed by atoms with Gasteiger partial charge in [0.2, 0.25) is 0 Å². The van der Waals surface area contributed by atoms with Gasteiger partial charge >= 0.3 is 6.03 Å². The van der Waals surface area contributed by atoms with E-state index in [-0.39, 0.29) is 5.11 Å². The zero-order valence-corrected chi connectivity index (χ0v) is 17.1. The molecule has 1 aliphatic heterocycles. The highest BCUT2D eigenvalue weighted by Crippen LogP contribution is 2.30. The van der Waals surface area contributed by atoms with Gasteiger partial charge < -0.3 is 15.4 Å². The predicted octanol–water partition coefficient (Wildman–Crippen LogP) is 3.33. The van der Waals surface area contributed by atoms with Crippen LogP contribution < -0.4 is 20.8 Å². The van der Waals surface area contributed by atoms with E-state index in [1.165, 1.54) is 7.11 Å². The Balaban J connectivity index is 1.75. The first-order valence-electron chi connectivity index (χ1n) is 8.39. The topological polar surface area (TPSA) is 82.7 Å². The maximum atomic E-state index is 13.0. The Morgan fingerprint density at radius 1 is 1.25 bits per heavy atom. The van der Waals surface area contributed by atoms with Crippen molar-refractivity contribution in [1.82, 2.24) is 15.8 Å². The summed E-state index contributed by atoms with van der Waals surface area (Å²) in [5, 5.41) is 7.11. The molecule has 3 amide bonds. The number of carbonyl (C=O) groups excluding carboxylic acids is 2. The zero-order chi connectivity index (χ0) is 20.5. The maximum Gasteiger partial charge on any atom is 0.344 e. The van der Waals surface area contributed by atoms with Gasteiger partial charge in [0.15, 0.2) is 5.11 Å². The highest BCUT2D eigenvalue weighted by Gasteiger charge is 2.50. The average Bonchev–Trinajstić information content (AvgIpc) is 2.89. The fourth-order valence-corrected chi connectivity index (χ4v) is 3.19. The van der Waals surface area contributed by atoms with E-state index in [9.17, 15) is 9.59 Å². The summed E-state index contributed by atoms with van der Waals surface area (Å²) in [6, 6.07) is 11.7. The second-order valence-electron chi connectivity index (χ2n) is 6.46. The third-order valence-corrected chi connectivity index (χ3v) is 5.08. The minimum absolute atomic E-state index is 0.0818. The molecule has 0 spiro atoms. The molecule has 1 fully saturated rings. The monoisotopic (exact) mass is 418 g/mol. The maximum absolute atomic E-state index is 13.0. The number of urea groups is 1. The van der Waals surface area contributed by atoms with E-state index < -0.39 is 17.5 Å². The second-order valence-corrected chi connectivity index (χ2v) is 7.27. The fourth-order valence-electron chi connectivity index (χ4n) is 2.80. The van der Waals surface area contributed by atoms with E-state index in [0.29, 0.717) is 22.0 Å². The molecule has 0 aliphatic carbocycles. The van der Waals surface area contributed by atoms with Gasteiger partial charge in [0.05, 0.1) is 7.11 Å².